The number of sulfone groups is 1. The minimum Gasteiger partial charge on any atom is -0.258 e. The van der Waals surface area contributed by atoms with Crippen molar-refractivity contribution < 1.29 is 26.5 Å². The third-order valence-electron chi connectivity index (χ3n) is 3.02. The first kappa shape index (κ1) is 19.5. The lowest BCUT2D eigenvalue weighted by Crippen LogP contribution is -2.06. The third-order valence-corrected chi connectivity index (χ3v) is 5.51. The number of halogens is 4. The number of alkyl halides is 3. The molecule has 0 saturated heterocycles. The van der Waals surface area contributed by atoms with Crippen LogP contribution in [0.25, 0.3) is 0 Å². The molecule has 2 aromatic carbocycles. The van der Waals surface area contributed by atoms with Crippen molar-refractivity contribution in [3.8, 4) is 0 Å². The topological polar surface area (TPSA) is 77.3 Å². The summed E-state index contributed by atoms with van der Waals surface area (Å²) >= 11 is 6.18. The highest BCUT2D eigenvalue weighted by atomic mass is 35.5. The highest BCUT2D eigenvalue weighted by Gasteiger charge is 2.34. The number of rotatable bonds is 4. The van der Waals surface area contributed by atoms with Crippen molar-refractivity contribution in [1.82, 2.24) is 0 Å². The maximum atomic E-state index is 12.9. The van der Waals surface area contributed by atoms with Gasteiger partial charge >= 0.3 is 11.9 Å². The van der Waals surface area contributed by atoms with E-state index in [2.05, 4.69) is 0 Å². The molecule has 5 nitrogen and oxygen atoms in total. The van der Waals surface area contributed by atoms with Crippen LogP contribution in [0.4, 0.5) is 18.9 Å². The van der Waals surface area contributed by atoms with E-state index >= 15 is 0 Å². The van der Waals surface area contributed by atoms with Crippen molar-refractivity contribution in [2.75, 3.05) is 6.26 Å². The first-order valence-corrected chi connectivity index (χ1v) is 9.52. The first-order chi connectivity index (χ1) is 11.4. The lowest BCUT2D eigenvalue weighted by atomic mass is 10.2. The van der Waals surface area contributed by atoms with Crippen LogP contribution in [-0.4, -0.2) is 19.6 Å². The summed E-state index contributed by atoms with van der Waals surface area (Å²) in [5, 5.41) is 10.8. The number of nitrogens with zero attached hydrogens (tertiary/aromatic N) is 1. The molecule has 134 valence electrons. The summed E-state index contributed by atoms with van der Waals surface area (Å²) in [5.74, 6) is 0. The minimum atomic E-state index is -4.69. The van der Waals surface area contributed by atoms with Crippen LogP contribution in [-0.2, 0) is 16.0 Å². The lowest BCUT2D eigenvalue weighted by molar-refractivity contribution is -0.390. The van der Waals surface area contributed by atoms with E-state index in [4.69, 9.17) is 11.6 Å². The van der Waals surface area contributed by atoms with E-state index in [1.54, 1.807) is 0 Å². The van der Waals surface area contributed by atoms with Crippen molar-refractivity contribution >= 4 is 38.9 Å². The summed E-state index contributed by atoms with van der Waals surface area (Å²) in [4.78, 5) is 9.84. The molecule has 0 unspecified atom stereocenters. The fourth-order valence-electron chi connectivity index (χ4n) is 1.98. The summed E-state index contributed by atoms with van der Waals surface area (Å²) in [6, 6.07) is 6.66. The van der Waals surface area contributed by atoms with E-state index in [0.29, 0.717) is 11.8 Å². The van der Waals surface area contributed by atoms with Gasteiger partial charge in [-0.15, -0.1) is 0 Å². The largest absolute Gasteiger partial charge is 0.417 e. The minimum absolute atomic E-state index is 0.0328. The van der Waals surface area contributed by atoms with Crippen LogP contribution in [0.1, 0.15) is 5.56 Å². The number of benzene rings is 2. The second kappa shape index (κ2) is 6.85. The quantitative estimate of drug-likeness (QED) is 0.532. The van der Waals surface area contributed by atoms with Gasteiger partial charge in [-0.2, -0.15) is 13.2 Å². The van der Waals surface area contributed by atoms with Gasteiger partial charge in [0.05, 0.1) is 20.4 Å². The average Bonchev–Trinajstić information content (AvgIpc) is 2.46. The van der Waals surface area contributed by atoms with Gasteiger partial charge in [0.1, 0.15) is 4.90 Å². The lowest BCUT2D eigenvalue weighted by Gasteiger charge is -2.11. The van der Waals surface area contributed by atoms with E-state index in [9.17, 15) is 31.7 Å². The summed E-state index contributed by atoms with van der Waals surface area (Å²) in [6.07, 6.45) is -3.87. The molecule has 11 heteroatoms. The molecule has 0 amide bonds. The molecule has 0 fully saturated rings. The molecule has 0 N–H and O–H groups in total. The van der Waals surface area contributed by atoms with Crippen LogP contribution < -0.4 is 0 Å². The Bertz CT molecular complexity index is 946. The molecule has 0 heterocycles. The Balaban J connectivity index is 2.57. The molecule has 2 rings (SSSR count). The van der Waals surface area contributed by atoms with E-state index in [1.807, 2.05) is 0 Å². The molecule has 0 bridgehead atoms. The molecular weight excluding hydrogens is 403 g/mol. The van der Waals surface area contributed by atoms with Crippen molar-refractivity contribution in [1.29, 1.82) is 0 Å². The number of para-hydroxylation sites is 1. The Morgan fingerprint density at radius 2 is 1.84 bits per heavy atom. The highest BCUT2D eigenvalue weighted by Crippen LogP contribution is 2.42. The van der Waals surface area contributed by atoms with E-state index in [0.717, 1.165) is 24.5 Å². The second-order valence-electron chi connectivity index (χ2n) is 4.87. The van der Waals surface area contributed by atoms with Gasteiger partial charge in [-0.05, 0) is 30.3 Å². The Morgan fingerprint density at radius 3 is 2.36 bits per heavy atom. The number of nitro groups is 1. The Labute approximate surface area is 149 Å². The van der Waals surface area contributed by atoms with E-state index < -0.39 is 42.1 Å². The Morgan fingerprint density at radius 1 is 1.20 bits per heavy atom. The summed E-state index contributed by atoms with van der Waals surface area (Å²) in [7, 11) is -3.89. The first-order valence-electron chi connectivity index (χ1n) is 6.43. The van der Waals surface area contributed by atoms with Crippen LogP contribution in [0.3, 0.4) is 0 Å². The molecule has 0 aromatic heterocycles. The van der Waals surface area contributed by atoms with Crippen LogP contribution in [0, 0.1) is 10.1 Å². The monoisotopic (exact) mass is 411 g/mol. The third kappa shape index (κ3) is 4.44. The zero-order valence-corrected chi connectivity index (χ0v) is 14.8. The van der Waals surface area contributed by atoms with Gasteiger partial charge in [-0.3, -0.25) is 10.1 Å². The second-order valence-corrected chi connectivity index (χ2v) is 8.38. The van der Waals surface area contributed by atoms with Crippen molar-refractivity contribution in [2.24, 2.45) is 0 Å². The molecule has 0 radical (unpaired) electrons. The van der Waals surface area contributed by atoms with Crippen LogP contribution >= 0.6 is 23.4 Å². The van der Waals surface area contributed by atoms with Crippen molar-refractivity contribution in [3.63, 3.8) is 0 Å². The van der Waals surface area contributed by atoms with Gasteiger partial charge in [0.25, 0.3) is 0 Å². The standard InChI is InChI=1S/C14H9ClF3NO4S2/c1-25(22,23)12-4-2-3-11(13(12)19(20)21)24-8-5-6-10(15)9(7-8)14(16,17)18/h2-7H,1H3. The fraction of sp³-hybridized carbons (Fsp3) is 0.143. The van der Waals surface area contributed by atoms with Crippen molar-refractivity contribution in [3.05, 3.63) is 57.1 Å². The van der Waals surface area contributed by atoms with Gasteiger partial charge in [0, 0.05) is 11.2 Å². The summed E-state index contributed by atoms with van der Waals surface area (Å²) in [5.41, 5.74) is -1.76. The smallest absolute Gasteiger partial charge is 0.258 e. The molecule has 0 aliphatic rings. The van der Waals surface area contributed by atoms with Gasteiger partial charge in [0.15, 0.2) is 9.84 Å². The van der Waals surface area contributed by atoms with Crippen LogP contribution in [0.2, 0.25) is 5.02 Å². The molecule has 2 aromatic rings. The highest BCUT2D eigenvalue weighted by molar-refractivity contribution is 7.99. The predicted octanol–water partition coefficient (Wildman–Crippen LogP) is 4.82. The number of hydrogen-bond acceptors (Lipinski definition) is 5. The fourth-order valence-corrected chi connectivity index (χ4v) is 4.12. The zero-order chi connectivity index (χ0) is 19.0. The van der Waals surface area contributed by atoms with Crippen molar-refractivity contribution in [2.45, 2.75) is 20.9 Å². The van der Waals surface area contributed by atoms with Gasteiger partial charge < -0.3 is 0 Å². The summed E-state index contributed by atoms with van der Waals surface area (Å²) < 4.78 is 62.2. The Hall–Kier alpha value is -1.78. The molecular formula is C14H9ClF3NO4S2. The number of nitro benzene ring substituents is 1. The van der Waals surface area contributed by atoms with Gasteiger partial charge in [0.2, 0.25) is 0 Å². The Kier molecular flexibility index (Phi) is 5.35. The normalized spacial score (nSPS) is 12.2. The molecule has 0 atom stereocenters. The molecule has 0 aliphatic heterocycles. The van der Waals surface area contributed by atoms with Crippen LogP contribution in [0.5, 0.6) is 0 Å². The maximum absolute atomic E-state index is 12.9. The van der Waals surface area contributed by atoms with Gasteiger partial charge in [-0.1, -0.05) is 29.4 Å². The molecule has 0 spiro atoms. The summed E-state index contributed by atoms with van der Waals surface area (Å²) in [6.45, 7) is 0. The zero-order valence-electron chi connectivity index (χ0n) is 12.4. The average molecular weight is 412 g/mol. The predicted molar refractivity (Wildman–Crippen MR) is 86.8 cm³/mol. The maximum Gasteiger partial charge on any atom is 0.417 e. The molecule has 0 aliphatic carbocycles. The van der Waals surface area contributed by atoms with E-state index in [1.165, 1.54) is 18.2 Å². The molecule has 25 heavy (non-hydrogen) atoms. The molecule has 0 saturated carbocycles. The van der Waals surface area contributed by atoms with Gasteiger partial charge in [-0.25, -0.2) is 8.42 Å². The van der Waals surface area contributed by atoms with E-state index in [-0.39, 0.29) is 9.79 Å². The number of hydrogen-bond donors (Lipinski definition) is 0. The van der Waals surface area contributed by atoms with Crippen LogP contribution in [0.15, 0.2) is 51.1 Å². The SMILES string of the molecule is CS(=O)(=O)c1cccc(Sc2ccc(Cl)c(C(F)(F)F)c2)c1[N+](=O)[O-].